The molecule has 2 aliphatic rings. The number of nitrogens with two attached hydrogens (primary N) is 1. The van der Waals surface area contributed by atoms with Crippen molar-refractivity contribution in [2.75, 3.05) is 12.8 Å². The van der Waals surface area contributed by atoms with Gasteiger partial charge in [-0.1, -0.05) is 28.3 Å². The van der Waals surface area contributed by atoms with E-state index in [1.54, 1.807) is 5.51 Å². The average molecular weight is 482 g/mol. The molecule has 1 fully saturated rings. The Balaban J connectivity index is 1.53. The van der Waals surface area contributed by atoms with Crippen molar-refractivity contribution >= 4 is 63.1 Å². The summed E-state index contributed by atoms with van der Waals surface area (Å²) in [7, 11) is 1.28. The van der Waals surface area contributed by atoms with Gasteiger partial charge in [0.1, 0.15) is 18.3 Å². The van der Waals surface area contributed by atoms with Gasteiger partial charge in [-0.3, -0.25) is 9.59 Å². The second-order valence-corrected chi connectivity index (χ2v) is 9.47. The highest BCUT2D eigenvalue weighted by Gasteiger charge is 2.53. The van der Waals surface area contributed by atoms with Crippen LogP contribution in [0, 0.1) is 5.92 Å². The van der Waals surface area contributed by atoms with E-state index in [4.69, 9.17) is 10.6 Å². The molecule has 2 aromatic rings. The van der Waals surface area contributed by atoms with Gasteiger partial charge in [0.2, 0.25) is 11.7 Å². The first-order chi connectivity index (χ1) is 14.9. The zero-order valence-corrected chi connectivity index (χ0v) is 18.4. The first kappa shape index (κ1) is 21.3. The topological polar surface area (TPSA) is 174 Å². The van der Waals surface area contributed by atoms with Crippen molar-refractivity contribution in [3.8, 4) is 0 Å². The van der Waals surface area contributed by atoms with E-state index in [0.29, 0.717) is 22.1 Å². The lowest BCUT2D eigenvalue weighted by Gasteiger charge is -2.50. The number of allylic oxidation sites excluding steroid dienone is 1. The summed E-state index contributed by atoms with van der Waals surface area (Å²) >= 11 is 3.39. The third-order valence-corrected chi connectivity index (χ3v) is 7.25. The highest BCUT2D eigenvalue weighted by Crippen LogP contribution is 2.46. The number of anilines is 1. The summed E-state index contributed by atoms with van der Waals surface area (Å²) in [5.74, 6) is -2.73. The number of ketones is 1. The highest BCUT2D eigenvalue weighted by atomic mass is 32.2. The van der Waals surface area contributed by atoms with E-state index in [0.717, 1.165) is 11.5 Å². The fourth-order valence-corrected chi connectivity index (χ4v) is 5.67. The van der Waals surface area contributed by atoms with Gasteiger partial charge in [-0.05, 0) is 12.8 Å². The van der Waals surface area contributed by atoms with Gasteiger partial charge < -0.3 is 20.6 Å². The van der Waals surface area contributed by atoms with Crippen molar-refractivity contribution < 1.29 is 24.3 Å². The molecule has 0 bridgehead atoms. The minimum absolute atomic E-state index is 0.0310. The van der Waals surface area contributed by atoms with Crippen LogP contribution in [0.25, 0.3) is 0 Å². The number of amides is 1. The molecule has 4 rings (SSSR count). The fraction of sp³-hybridized carbons (Fsp3) is 0.375. The molecule has 0 radical (unpaired) electrons. The maximum atomic E-state index is 12.8. The lowest BCUT2D eigenvalue weighted by atomic mass is 9.77. The van der Waals surface area contributed by atoms with Crippen LogP contribution in [0.3, 0.4) is 0 Å². The zero-order chi connectivity index (χ0) is 22.1. The van der Waals surface area contributed by atoms with Crippen LogP contribution in [0.1, 0.15) is 25.1 Å². The molecule has 162 valence electrons. The quantitative estimate of drug-likeness (QED) is 0.312. The smallest absolute Gasteiger partial charge is 0.353 e. The molecular weight excluding hydrogens is 466 g/mol. The second-order valence-electron chi connectivity index (χ2n) is 6.51. The number of hydrogen-bond acceptors (Lipinski definition) is 13. The largest absolute Gasteiger partial charge is 0.477 e. The Morgan fingerprint density at radius 3 is 2.90 bits per heavy atom. The SMILES string of the molecule is CO/N=C(\C(=O)C[C@@H]1C(=O)N2C(C(=O)O)=C(Sc3nncs3)CC[C@H]12)c1nsc(N)n1. The van der Waals surface area contributed by atoms with Gasteiger partial charge in [0.25, 0.3) is 0 Å². The number of aliphatic carboxylic acids is 1. The van der Waals surface area contributed by atoms with E-state index < -0.39 is 29.6 Å². The van der Waals surface area contributed by atoms with Crippen molar-refractivity contribution in [1.29, 1.82) is 0 Å². The molecule has 2 atom stereocenters. The summed E-state index contributed by atoms with van der Waals surface area (Å²) in [5.41, 5.74) is 6.93. The van der Waals surface area contributed by atoms with Gasteiger partial charge in [-0.25, -0.2) is 4.79 Å². The third kappa shape index (κ3) is 4.03. The van der Waals surface area contributed by atoms with E-state index in [9.17, 15) is 19.5 Å². The normalized spacial score (nSPS) is 21.0. The molecule has 31 heavy (non-hydrogen) atoms. The predicted molar refractivity (Wildman–Crippen MR) is 111 cm³/mol. The number of thioether (sulfide) groups is 1. The van der Waals surface area contributed by atoms with Gasteiger partial charge in [-0.2, -0.15) is 9.36 Å². The number of aromatic nitrogens is 4. The van der Waals surface area contributed by atoms with E-state index in [-0.39, 0.29) is 28.8 Å². The number of rotatable bonds is 8. The van der Waals surface area contributed by atoms with E-state index in [2.05, 4.69) is 24.7 Å². The van der Waals surface area contributed by atoms with E-state index in [1.165, 1.54) is 35.1 Å². The van der Waals surface area contributed by atoms with Crippen LogP contribution in [0.2, 0.25) is 0 Å². The van der Waals surface area contributed by atoms with Crippen molar-refractivity contribution in [3.05, 3.63) is 21.9 Å². The van der Waals surface area contributed by atoms with E-state index >= 15 is 0 Å². The lowest BCUT2D eigenvalue weighted by Crippen LogP contribution is -2.63. The van der Waals surface area contributed by atoms with Gasteiger partial charge in [-0.15, -0.1) is 10.2 Å². The number of oxime groups is 1. The van der Waals surface area contributed by atoms with Crippen LogP contribution in [0.4, 0.5) is 5.13 Å². The zero-order valence-electron chi connectivity index (χ0n) is 15.9. The second kappa shape index (κ2) is 8.68. The first-order valence-corrected chi connectivity index (χ1v) is 11.3. The van der Waals surface area contributed by atoms with Gasteiger partial charge in [0.05, 0.1) is 5.92 Å². The molecule has 4 heterocycles. The van der Waals surface area contributed by atoms with Crippen molar-refractivity contribution in [3.63, 3.8) is 0 Å². The molecule has 1 amide bonds. The van der Waals surface area contributed by atoms with Crippen LogP contribution < -0.4 is 5.73 Å². The molecule has 0 spiro atoms. The minimum Gasteiger partial charge on any atom is -0.477 e. The summed E-state index contributed by atoms with van der Waals surface area (Å²) in [4.78, 5) is 48.0. The fourth-order valence-electron chi connectivity index (χ4n) is 3.54. The lowest BCUT2D eigenvalue weighted by molar-refractivity contribution is -0.159. The number of β-lactam (4-membered cyclic amide) rings is 1. The number of carboxylic acid groups (broad SMARTS) is 1. The summed E-state index contributed by atoms with van der Waals surface area (Å²) in [6.07, 6.45) is 0.821. The molecule has 0 aromatic carbocycles. The molecule has 0 aliphatic carbocycles. The van der Waals surface area contributed by atoms with Gasteiger partial charge >= 0.3 is 5.97 Å². The molecule has 1 saturated heterocycles. The van der Waals surface area contributed by atoms with Crippen molar-refractivity contribution in [2.45, 2.75) is 29.6 Å². The molecule has 2 aliphatic heterocycles. The Kier molecular flexibility index (Phi) is 5.97. The molecule has 12 nitrogen and oxygen atoms in total. The molecule has 15 heteroatoms. The molecular formula is C16H15N7O5S3. The van der Waals surface area contributed by atoms with E-state index in [1.807, 2.05) is 0 Å². The molecule has 2 aromatic heterocycles. The van der Waals surface area contributed by atoms with Gasteiger partial charge in [0, 0.05) is 28.9 Å². The maximum Gasteiger partial charge on any atom is 0.353 e. The van der Waals surface area contributed by atoms with Crippen LogP contribution >= 0.6 is 34.6 Å². The Morgan fingerprint density at radius 2 is 2.29 bits per heavy atom. The number of carboxylic acids is 1. The average Bonchev–Trinajstić information content (AvgIpc) is 3.41. The number of carbonyl (C=O) groups excluding carboxylic acids is 2. The number of carbonyl (C=O) groups is 3. The monoisotopic (exact) mass is 481 g/mol. The number of nitrogen functional groups attached to an aromatic ring is 1. The first-order valence-electron chi connectivity index (χ1n) is 8.88. The number of nitrogens with zero attached hydrogens (tertiary/aromatic N) is 6. The summed E-state index contributed by atoms with van der Waals surface area (Å²) < 4.78 is 4.57. The molecule has 0 saturated carbocycles. The minimum atomic E-state index is -1.20. The van der Waals surface area contributed by atoms with Crippen LogP contribution in [0.5, 0.6) is 0 Å². The summed E-state index contributed by atoms with van der Waals surface area (Å²) in [6, 6.07) is -0.390. The van der Waals surface area contributed by atoms with Crippen LogP contribution in [0.15, 0.2) is 25.6 Å². The van der Waals surface area contributed by atoms with Crippen molar-refractivity contribution in [1.82, 2.24) is 24.5 Å². The predicted octanol–water partition coefficient (Wildman–Crippen LogP) is 0.991. The van der Waals surface area contributed by atoms with Crippen molar-refractivity contribution in [2.24, 2.45) is 11.1 Å². The Morgan fingerprint density at radius 1 is 1.48 bits per heavy atom. The maximum absolute atomic E-state index is 12.8. The summed E-state index contributed by atoms with van der Waals surface area (Å²) in [6.45, 7) is 0. The number of hydrogen-bond donors (Lipinski definition) is 2. The Bertz CT molecular complexity index is 1100. The molecule has 3 N–H and O–H groups in total. The van der Waals surface area contributed by atoms with Crippen LogP contribution in [-0.4, -0.2) is 66.1 Å². The van der Waals surface area contributed by atoms with Crippen LogP contribution in [-0.2, 0) is 19.2 Å². The summed E-state index contributed by atoms with van der Waals surface area (Å²) in [5, 5.41) is 21.3. The Hall–Kier alpha value is -2.91. The number of Topliss-reactive ketones (excluding diaryl/α,β-unsaturated/α-hetero) is 1. The standard InChI is InChI=1S/C16H15N7O5S3/c1-28-21-10(12-19-15(17)31-22-12)8(24)4-6-7-2-3-9(30-16-20-18-5-29-16)11(14(26)27)23(7)13(6)25/h5-7H,2-4H2,1H3,(H,26,27)(H2,17,19,22)/b21-10+/t6-,7+/m0/s1. The molecule has 0 unspecified atom stereocenters. The Labute approximate surface area is 187 Å². The third-order valence-electron chi connectivity index (χ3n) is 4.78. The highest BCUT2D eigenvalue weighted by molar-refractivity contribution is 8.04. The number of fused-ring (bicyclic) bond motifs is 1. The van der Waals surface area contributed by atoms with Gasteiger partial charge in [0.15, 0.2) is 21.0 Å².